The fourth-order valence-corrected chi connectivity index (χ4v) is 1.47. The van der Waals surface area contributed by atoms with Gasteiger partial charge in [0.05, 0.1) is 6.61 Å². The van der Waals surface area contributed by atoms with Crippen LogP contribution in [0.3, 0.4) is 0 Å². The van der Waals surface area contributed by atoms with Crippen molar-refractivity contribution in [2.24, 2.45) is 5.73 Å². The van der Waals surface area contributed by atoms with Crippen molar-refractivity contribution in [3.05, 3.63) is 24.3 Å². The van der Waals surface area contributed by atoms with Gasteiger partial charge in [-0.15, -0.1) is 0 Å². The fraction of sp³-hybridized carbons (Fsp3) is 0.600. The van der Waals surface area contributed by atoms with Gasteiger partial charge in [-0.3, -0.25) is 0 Å². The first-order valence-corrected chi connectivity index (χ1v) is 4.90. The average molecular weight is 211 g/mol. The highest BCUT2D eigenvalue weighted by Gasteiger charge is 2.29. The summed E-state index contributed by atoms with van der Waals surface area (Å²) in [6.45, 7) is 0.764. The predicted molar refractivity (Wildman–Crippen MR) is 56.1 cm³/mol. The Morgan fingerprint density at radius 1 is 1.47 bits per heavy atom. The van der Waals surface area contributed by atoms with Gasteiger partial charge in [0, 0.05) is 25.1 Å². The van der Waals surface area contributed by atoms with Gasteiger partial charge >= 0.3 is 0 Å². The van der Waals surface area contributed by atoms with Crippen LogP contribution in [0.4, 0.5) is 0 Å². The summed E-state index contributed by atoms with van der Waals surface area (Å²) in [7, 11) is 1.55. The van der Waals surface area contributed by atoms with Crippen LogP contribution in [0.5, 0.6) is 0 Å². The number of aromatic nitrogens is 2. The Morgan fingerprint density at radius 3 is 2.67 bits per heavy atom. The Kier molecular flexibility index (Phi) is 4.61. The lowest BCUT2D eigenvalue weighted by Gasteiger charge is -2.26. The lowest BCUT2D eigenvalue weighted by Crippen LogP contribution is -2.32. The van der Waals surface area contributed by atoms with E-state index in [1.165, 1.54) is 6.33 Å². The van der Waals surface area contributed by atoms with Crippen LogP contribution in [0, 0.1) is 0 Å². The summed E-state index contributed by atoms with van der Waals surface area (Å²) in [4.78, 5) is 7.77. The van der Waals surface area contributed by atoms with E-state index >= 15 is 0 Å². The van der Waals surface area contributed by atoms with Crippen molar-refractivity contribution in [3.8, 4) is 0 Å². The van der Waals surface area contributed by atoms with Crippen LogP contribution in [-0.4, -0.2) is 35.3 Å². The summed E-state index contributed by atoms with van der Waals surface area (Å²) in [6.07, 6.45) is 5.91. The molecule has 0 spiro atoms. The molecule has 0 aliphatic heterocycles. The summed E-state index contributed by atoms with van der Waals surface area (Å²) >= 11 is 0. The number of nitrogens with two attached hydrogens (primary N) is 1. The molecular formula is C10H17N3O2. The van der Waals surface area contributed by atoms with E-state index in [0.717, 1.165) is 6.42 Å². The number of hydrogen-bond donors (Lipinski definition) is 2. The number of nitrogens with zero attached hydrogens (tertiary/aromatic N) is 2. The molecule has 84 valence electrons. The van der Waals surface area contributed by atoms with Crippen LogP contribution in [0.15, 0.2) is 18.7 Å². The third kappa shape index (κ3) is 3.23. The predicted octanol–water partition coefficient (Wildman–Crippen LogP) is 0.0495. The molecule has 0 saturated heterocycles. The first-order chi connectivity index (χ1) is 7.23. The number of hydrogen-bond acceptors (Lipinski definition) is 5. The highest BCUT2D eigenvalue weighted by Crippen LogP contribution is 2.25. The van der Waals surface area contributed by atoms with E-state index < -0.39 is 5.60 Å². The molecule has 5 nitrogen and oxygen atoms in total. The van der Waals surface area contributed by atoms with Crippen LogP contribution < -0.4 is 5.73 Å². The molecule has 0 aromatic carbocycles. The summed E-state index contributed by atoms with van der Waals surface area (Å²) < 4.78 is 5.01. The molecule has 0 aliphatic rings. The molecule has 0 aliphatic carbocycles. The van der Waals surface area contributed by atoms with E-state index in [1.807, 2.05) is 0 Å². The van der Waals surface area contributed by atoms with Crippen LogP contribution >= 0.6 is 0 Å². The van der Waals surface area contributed by atoms with Crippen molar-refractivity contribution in [2.75, 3.05) is 20.3 Å². The van der Waals surface area contributed by atoms with Crippen molar-refractivity contribution < 1.29 is 9.84 Å². The van der Waals surface area contributed by atoms with E-state index in [0.29, 0.717) is 18.5 Å². The normalized spacial score (nSPS) is 14.9. The van der Waals surface area contributed by atoms with E-state index in [-0.39, 0.29) is 6.61 Å². The Balaban J connectivity index is 2.80. The summed E-state index contributed by atoms with van der Waals surface area (Å²) in [5.41, 5.74) is 5.06. The van der Waals surface area contributed by atoms with Crippen LogP contribution in [0.1, 0.15) is 18.4 Å². The van der Waals surface area contributed by atoms with Crippen LogP contribution in [0.2, 0.25) is 0 Å². The number of rotatable bonds is 6. The second kappa shape index (κ2) is 5.75. The maximum Gasteiger partial charge on any atom is 0.116 e. The van der Waals surface area contributed by atoms with Crippen LogP contribution in [0.25, 0.3) is 0 Å². The minimum atomic E-state index is -1.03. The molecule has 1 unspecified atom stereocenters. The van der Waals surface area contributed by atoms with Gasteiger partial charge in [0.2, 0.25) is 0 Å². The fourth-order valence-electron chi connectivity index (χ4n) is 1.47. The minimum Gasteiger partial charge on any atom is -0.383 e. The lowest BCUT2D eigenvalue weighted by atomic mass is 9.92. The molecule has 1 aromatic heterocycles. The van der Waals surface area contributed by atoms with Gasteiger partial charge in [-0.1, -0.05) is 0 Å². The zero-order valence-corrected chi connectivity index (χ0v) is 8.89. The van der Waals surface area contributed by atoms with Gasteiger partial charge in [-0.2, -0.15) is 0 Å². The molecule has 0 bridgehead atoms. The first-order valence-electron chi connectivity index (χ1n) is 4.90. The number of aliphatic hydroxyl groups is 1. The number of methoxy groups -OCH3 is 1. The van der Waals surface area contributed by atoms with Gasteiger partial charge < -0.3 is 15.6 Å². The van der Waals surface area contributed by atoms with Gasteiger partial charge in [0.25, 0.3) is 0 Å². The van der Waals surface area contributed by atoms with Crippen LogP contribution in [-0.2, 0) is 10.3 Å². The van der Waals surface area contributed by atoms with E-state index in [1.54, 1.807) is 19.5 Å². The zero-order chi connectivity index (χ0) is 11.1. The van der Waals surface area contributed by atoms with E-state index in [2.05, 4.69) is 9.97 Å². The molecule has 1 rings (SSSR count). The topological polar surface area (TPSA) is 81.3 Å². The van der Waals surface area contributed by atoms with Crippen molar-refractivity contribution in [1.82, 2.24) is 9.97 Å². The molecule has 0 saturated carbocycles. The molecule has 15 heavy (non-hydrogen) atoms. The molecule has 0 radical (unpaired) electrons. The third-order valence-electron chi connectivity index (χ3n) is 2.28. The Labute approximate surface area is 89.3 Å². The number of ether oxygens (including phenoxy) is 1. The first kappa shape index (κ1) is 12.0. The zero-order valence-electron chi connectivity index (χ0n) is 8.89. The highest BCUT2D eigenvalue weighted by atomic mass is 16.5. The second-order valence-corrected chi connectivity index (χ2v) is 3.48. The highest BCUT2D eigenvalue weighted by molar-refractivity contribution is 5.14. The smallest absolute Gasteiger partial charge is 0.116 e. The van der Waals surface area contributed by atoms with Crippen molar-refractivity contribution in [1.29, 1.82) is 0 Å². The van der Waals surface area contributed by atoms with Gasteiger partial charge in [-0.05, 0) is 19.4 Å². The standard InChI is InChI=1S/C10H17N3O2/c1-15-7-10(14,3-2-4-11)9-5-12-8-13-6-9/h5-6,8,14H,2-4,7,11H2,1H3. The Morgan fingerprint density at radius 2 is 2.13 bits per heavy atom. The Bertz CT molecular complexity index is 281. The van der Waals surface area contributed by atoms with Crippen molar-refractivity contribution in [2.45, 2.75) is 18.4 Å². The molecule has 1 atom stereocenters. The minimum absolute atomic E-state index is 0.223. The maximum atomic E-state index is 10.4. The molecule has 3 N–H and O–H groups in total. The third-order valence-corrected chi connectivity index (χ3v) is 2.28. The van der Waals surface area contributed by atoms with E-state index in [9.17, 15) is 5.11 Å². The lowest BCUT2D eigenvalue weighted by molar-refractivity contribution is -0.0434. The van der Waals surface area contributed by atoms with Crippen molar-refractivity contribution in [3.63, 3.8) is 0 Å². The molecule has 1 heterocycles. The van der Waals surface area contributed by atoms with Gasteiger partial charge in [0.1, 0.15) is 11.9 Å². The largest absolute Gasteiger partial charge is 0.383 e. The quantitative estimate of drug-likeness (QED) is 0.695. The van der Waals surface area contributed by atoms with Gasteiger partial charge in [0.15, 0.2) is 0 Å². The second-order valence-electron chi connectivity index (χ2n) is 3.48. The van der Waals surface area contributed by atoms with Gasteiger partial charge in [-0.25, -0.2) is 9.97 Å². The molecular weight excluding hydrogens is 194 g/mol. The summed E-state index contributed by atoms with van der Waals surface area (Å²) in [5.74, 6) is 0. The molecule has 0 fully saturated rings. The van der Waals surface area contributed by atoms with Crippen molar-refractivity contribution >= 4 is 0 Å². The average Bonchev–Trinajstić information content (AvgIpc) is 2.28. The molecule has 5 heteroatoms. The SMILES string of the molecule is COCC(O)(CCCN)c1cncnc1. The summed E-state index contributed by atoms with van der Waals surface area (Å²) in [5, 5.41) is 10.4. The molecule has 1 aromatic rings. The maximum absolute atomic E-state index is 10.4. The summed E-state index contributed by atoms with van der Waals surface area (Å²) in [6, 6.07) is 0. The monoisotopic (exact) mass is 211 g/mol. The molecule has 0 amide bonds. The van der Waals surface area contributed by atoms with E-state index in [4.69, 9.17) is 10.5 Å². The Hall–Kier alpha value is -1.04.